The predicted octanol–water partition coefficient (Wildman–Crippen LogP) is 10.1. The minimum absolute atomic E-state index is 0.0308. The summed E-state index contributed by atoms with van der Waals surface area (Å²) in [6.07, 6.45) is -6.59. The van der Waals surface area contributed by atoms with Crippen molar-refractivity contribution >= 4 is 23.4 Å². The lowest BCUT2D eigenvalue weighted by atomic mass is 10.00. The van der Waals surface area contributed by atoms with Crippen LogP contribution in [0.15, 0.2) is 42.6 Å². The van der Waals surface area contributed by atoms with Crippen molar-refractivity contribution in [2.45, 2.75) is 76.9 Å². The van der Waals surface area contributed by atoms with Crippen molar-refractivity contribution in [2.75, 3.05) is 41.9 Å². The SMILES string of the molecule is CCN(CC1CCCC1)c1ccc(C(F)(F)F)cc1CNc1ncc(OCCSC)c(CCCc2cc(C(F)(F)F)cc(C(F)(F)F)c2)n1. The van der Waals surface area contributed by atoms with E-state index in [0.29, 0.717) is 59.6 Å². The third-order valence-corrected chi connectivity index (χ3v) is 9.00. The molecule has 1 aromatic heterocycles. The third-order valence-electron chi connectivity index (χ3n) is 8.42. The average molecular weight is 723 g/mol. The summed E-state index contributed by atoms with van der Waals surface area (Å²) in [5.74, 6) is 1.49. The summed E-state index contributed by atoms with van der Waals surface area (Å²) >= 11 is 1.53. The largest absolute Gasteiger partial charge is 0.489 e. The molecule has 0 atom stereocenters. The minimum atomic E-state index is -4.95. The molecule has 1 aliphatic carbocycles. The van der Waals surface area contributed by atoms with E-state index in [2.05, 4.69) is 20.2 Å². The maximum Gasteiger partial charge on any atom is 0.416 e. The molecule has 15 heteroatoms. The Morgan fingerprint density at radius 3 is 2.12 bits per heavy atom. The van der Waals surface area contributed by atoms with Gasteiger partial charge in [-0.15, -0.1) is 0 Å². The fraction of sp³-hybridized carbons (Fsp3) is 0.529. The van der Waals surface area contributed by atoms with Gasteiger partial charge in [0.05, 0.1) is 35.2 Å². The minimum Gasteiger partial charge on any atom is -0.489 e. The number of thioether (sulfide) groups is 1. The van der Waals surface area contributed by atoms with Gasteiger partial charge in [0.25, 0.3) is 0 Å². The molecule has 0 amide bonds. The number of hydrogen-bond donors (Lipinski definition) is 1. The molecule has 0 radical (unpaired) electrons. The Kier molecular flexibility index (Phi) is 13.0. The van der Waals surface area contributed by atoms with E-state index in [1.54, 1.807) is 0 Å². The van der Waals surface area contributed by atoms with E-state index >= 15 is 0 Å². The topological polar surface area (TPSA) is 50.3 Å². The van der Waals surface area contributed by atoms with E-state index in [9.17, 15) is 39.5 Å². The van der Waals surface area contributed by atoms with E-state index in [0.717, 1.165) is 44.4 Å². The van der Waals surface area contributed by atoms with Crippen LogP contribution in [-0.2, 0) is 37.9 Å². The van der Waals surface area contributed by atoms with Crippen molar-refractivity contribution in [1.82, 2.24) is 9.97 Å². The van der Waals surface area contributed by atoms with Gasteiger partial charge in [-0.25, -0.2) is 9.97 Å². The summed E-state index contributed by atoms with van der Waals surface area (Å²) in [4.78, 5) is 10.9. The first-order chi connectivity index (χ1) is 23.1. The van der Waals surface area contributed by atoms with Crippen LogP contribution in [0.3, 0.4) is 0 Å². The summed E-state index contributed by atoms with van der Waals surface area (Å²) in [7, 11) is 0. The van der Waals surface area contributed by atoms with E-state index in [1.807, 2.05) is 13.2 Å². The number of aromatic nitrogens is 2. The molecule has 1 fully saturated rings. The molecular weight excluding hydrogens is 683 g/mol. The highest BCUT2D eigenvalue weighted by molar-refractivity contribution is 7.98. The molecule has 0 bridgehead atoms. The lowest BCUT2D eigenvalue weighted by Crippen LogP contribution is -2.29. The number of hydrogen-bond acceptors (Lipinski definition) is 6. The Balaban J connectivity index is 1.56. The number of nitrogens with one attached hydrogen (secondary N) is 1. The van der Waals surface area contributed by atoms with Crippen molar-refractivity contribution in [3.05, 3.63) is 76.1 Å². The number of benzene rings is 2. The summed E-state index contributed by atoms with van der Waals surface area (Å²) in [5, 5.41) is 3.02. The van der Waals surface area contributed by atoms with E-state index < -0.39 is 35.2 Å². The van der Waals surface area contributed by atoms with Gasteiger partial charge in [-0.1, -0.05) is 12.8 Å². The molecule has 1 aliphatic rings. The standard InChI is InChI=1S/C34H39F9N4OS/c1-3-47(21-22-7-4-5-8-22)29-12-11-25(32(35,36)37)17-24(29)19-44-31-45-20-30(48-13-14-49-2)28(46-31)10-6-9-23-15-26(33(38,39)40)18-27(16-23)34(41,42)43/h11-12,15-18,20,22H,3-10,13-14,19,21H2,1-2H3,(H,44,45,46). The van der Waals surface area contributed by atoms with Crippen molar-refractivity contribution in [3.63, 3.8) is 0 Å². The Labute approximate surface area is 284 Å². The Morgan fingerprint density at radius 1 is 0.878 bits per heavy atom. The van der Waals surface area contributed by atoms with E-state index in [-0.39, 0.29) is 43.4 Å². The second-order valence-corrected chi connectivity index (χ2v) is 13.0. The van der Waals surface area contributed by atoms with Gasteiger partial charge >= 0.3 is 18.5 Å². The van der Waals surface area contributed by atoms with Crippen LogP contribution in [0.5, 0.6) is 5.75 Å². The number of halogens is 9. The molecule has 1 saturated carbocycles. The molecule has 5 nitrogen and oxygen atoms in total. The lowest BCUT2D eigenvalue weighted by molar-refractivity contribution is -0.143. The summed E-state index contributed by atoms with van der Waals surface area (Å²) in [6, 6.07) is 5.19. The van der Waals surface area contributed by atoms with Crippen LogP contribution >= 0.6 is 11.8 Å². The van der Waals surface area contributed by atoms with Gasteiger partial charge in [-0.2, -0.15) is 51.3 Å². The molecule has 0 unspecified atom stereocenters. The molecule has 3 aromatic rings. The van der Waals surface area contributed by atoms with Gasteiger partial charge in [0.15, 0.2) is 5.75 Å². The predicted molar refractivity (Wildman–Crippen MR) is 173 cm³/mol. The molecule has 270 valence electrons. The summed E-state index contributed by atoms with van der Waals surface area (Å²) in [5.41, 5.74) is -2.24. The normalized spacial score (nSPS) is 14.3. The molecular formula is C34H39F9N4OS. The Morgan fingerprint density at radius 2 is 1.53 bits per heavy atom. The molecule has 4 rings (SSSR count). The van der Waals surface area contributed by atoms with Crippen molar-refractivity contribution < 1.29 is 44.3 Å². The zero-order valence-corrected chi connectivity index (χ0v) is 28.0. The lowest BCUT2D eigenvalue weighted by Gasteiger charge is -2.29. The number of anilines is 2. The molecule has 0 aliphatic heterocycles. The number of aryl methyl sites for hydroxylation is 2. The molecule has 1 heterocycles. The molecule has 0 spiro atoms. The number of alkyl halides is 9. The van der Waals surface area contributed by atoms with Crippen LogP contribution in [0.4, 0.5) is 51.1 Å². The van der Waals surface area contributed by atoms with Crippen LogP contribution < -0.4 is 15.0 Å². The average Bonchev–Trinajstić information content (AvgIpc) is 3.55. The van der Waals surface area contributed by atoms with Crippen LogP contribution in [0, 0.1) is 5.92 Å². The molecule has 2 aromatic carbocycles. The number of rotatable bonds is 15. The first-order valence-corrected chi connectivity index (χ1v) is 17.4. The van der Waals surface area contributed by atoms with Gasteiger partial charge in [0.2, 0.25) is 5.95 Å². The fourth-order valence-electron chi connectivity index (χ4n) is 5.94. The van der Waals surface area contributed by atoms with Crippen LogP contribution in [-0.4, -0.2) is 41.7 Å². The second kappa shape index (κ2) is 16.6. The summed E-state index contributed by atoms with van der Waals surface area (Å²) < 4.78 is 127. The van der Waals surface area contributed by atoms with E-state index in [1.165, 1.54) is 24.0 Å². The highest BCUT2D eigenvalue weighted by Crippen LogP contribution is 2.37. The van der Waals surface area contributed by atoms with Crippen LogP contribution in [0.2, 0.25) is 0 Å². The second-order valence-electron chi connectivity index (χ2n) is 12.0. The highest BCUT2D eigenvalue weighted by Gasteiger charge is 2.37. The van der Waals surface area contributed by atoms with Gasteiger partial charge in [0.1, 0.15) is 0 Å². The van der Waals surface area contributed by atoms with Gasteiger partial charge < -0.3 is 15.0 Å². The maximum absolute atomic E-state index is 13.7. The third kappa shape index (κ3) is 11.1. The monoisotopic (exact) mass is 722 g/mol. The van der Waals surface area contributed by atoms with Gasteiger partial charge in [-0.3, -0.25) is 0 Å². The summed E-state index contributed by atoms with van der Waals surface area (Å²) in [6.45, 7) is 3.56. The van der Waals surface area contributed by atoms with Crippen LogP contribution in [0.25, 0.3) is 0 Å². The Bertz CT molecular complexity index is 1490. The van der Waals surface area contributed by atoms with Crippen molar-refractivity contribution in [3.8, 4) is 5.75 Å². The first-order valence-electron chi connectivity index (χ1n) is 16.0. The molecule has 1 N–H and O–H groups in total. The molecule has 49 heavy (non-hydrogen) atoms. The fourth-order valence-corrected chi connectivity index (χ4v) is 6.19. The molecule has 0 saturated heterocycles. The van der Waals surface area contributed by atoms with Crippen molar-refractivity contribution in [1.29, 1.82) is 0 Å². The number of nitrogens with zero attached hydrogens (tertiary/aromatic N) is 3. The maximum atomic E-state index is 13.7. The smallest absolute Gasteiger partial charge is 0.416 e. The zero-order chi connectivity index (χ0) is 35.8. The Hall–Kier alpha value is -3.36. The first kappa shape index (κ1) is 38.4. The number of ether oxygens (including phenoxy) is 1. The van der Waals surface area contributed by atoms with Crippen LogP contribution in [0.1, 0.15) is 72.5 Å². The highest BCUT2D eigenvalue weighted by atomic mass is 32.2. The zero-order valence-electron chi connectivity index (χ0n) is 27.2. The van der Waals surface area contributed by atoms with Crippen molar-refractivity contribution in [2.24, 2.45) is 5.92 Å². The van der Waals surface area contributed by atoms with E-state index in [4.69, 9.17) is 4.74 Å². The van der Waals surface area contributed by atoms with Gasteiger partial charge in [-0.05, 0) is 98.7 Å². The quantitative estimate of drug-likeness (QED) is 0.125. The van der Waals surface area contributed by atoms with Gasteiger partial charge in [0, 0.05) is 31.1 Å².